The van der Waals surface area contributed by atoms with Crippen LogP contribution in [0.4, 0.5) is 0 Å². The Morgan fingerprint density at radius 2 is 1.27 bits per heavy atom. The van der Waals surface area contributed by atoms with Gasteiger partial charge in [-0.05, 0) is 35.4 Å². The van der Waals surface area contributed by atoms with Crippen molar-refractivity contribution in [3.8, 4) is 45.3 Å². The molecule has 3 aromatic heterocycles. The fourth-order valence-corrected chi connectivity index (χ4v) is 6.40. The number of para-hydroxylation sites is 1. The number of furan rings is 1. The van der Waals surface area contributed by atoms with Gasteiger partial charge in [0.15, 0.2) is 17.5 Å². The van der Waals surface area contributed by atoms with E-state index in [9.17, 15) is 4.11 Å². The van der Waals surface area contributed by atoms with Crippen LogP contribution in [0.25, 0.3) is 87.4 Å². The molecule has 0 saturated heterocycles. The molecule has 0 aliphatic heterocycles. The number of hydrogen-bond acceptors (Lipinski definition) is 5. The van der Waals surface area contributed by atoms with Gasteiger partial charge >= 0.3 is 0 Å². The lowest BCUT2D eigenvalue weighted by molar-refractivity contribution is 0.669. The van der Waals surface area contributed by atoms with E-state index >= 15 is 0 Å². The van der Waals surface area contributed by atoms with Gasteiger partial charge in [0.2, 0.25) is 0 Å². The van der Waals surface area contributed by atoms with Gasteiger partial charge in [0.1, 0.15) is 11.2 Å². The first-order chi connectivity index (χ1) is 26.4. The molecule has 0 radical (unpaired) electrons. The smallest absolute Gasteiger partial charge is 0.164 e. The summed E-state index contributed by atoms with van der Waals surface area (Å²) in [7, 11) is 0. The monoisotopic (exact) mass is 592 g/mol. The molecular weight excluding hydrogens is 559 g/mol. The molecule has 4 nitrogen and oxygen atoms in total. The van der Waals surface area contributed by atoms with Crippen molar-refractivity contribution in [1.29, 1.82) is 0 Å². The zero-order valence-electron chi connectivity index (χ0n) is 33.6. The fourth-order valence-electron chi connectivity index (χ4n) is 5.28. The van der Waals surface area contributed by atoms with Crippen LogP contribution in [0.15, 0.2) is 144 Å². The van der Waals surface area contributed by atoms with Gasteiger partial charge in [-0.2, -0.15) is 0 Å². The number of fused-ring (bicyclic) bond motifs is 6. The molecule has 0 aliphatic carbocycles. The molecular formula is C39H23N3OS. The van der Waals surface area contributed by atoms with Crippen molar-refractivity contribution in [3.05, 3.63) is 139 Å². The fraction of sp³-hybridized carbons (Fsp3) is 0. The number of nitrogens with zero attached hydrogens (tertiary/aromatic N) is 3. The highest BCUT2D eigenvalue weighted by Gasteiger charge is 2.16. The van der Waals surface area contributed by atoms with Crippen LogP contribution in [0.2, 0.25) is 0 Å². The molecule has 0 saturated carbocycles. The average molecular weight is 593 g/mol. The van der Waals surface area contributed by atoms with Gasteiger partial charge < -0.3 is 4.42 Å². The lowest BCUT2D eigenvalue weighted by Crippen LogP contribution is -2.00. The van der Waals surface area contributed by atoms with Crippen molar-refractivity contribution in [2.75, 3.05) is 0 Å². The van der Waals surface area contributed by atoms with E-state index < -0.39 is 60.4 Å². The molecule has 0 amide bonds. The van der Waals surface area contributed by atoms with Crippen LogP contribution >= 0.6 is 11.3 Å². The van der Waals surface area contributed by atoms with Crippen molar-refractivity contribution in [2.45, 2.75) is 0 Å². The van der Waals surface area contributed by atoms with Crippen LogP contribution in [-0.4, -0.2) is 15.0 Å². The molecule has 6 aromatic carbocycles. The summed E-state index contributed by atoms with van der Waals surface area (Å²) in [5.74, 6) is 0.417. The van der Waals surface area contributed by atoms with E-state index in [-0.39, 0.29) is 60.4 Å². The number of rotatable bonds is 4. The topological polar surface area (TPSA) is 51.8 Å². The predicted octanol–water partition coefficient (Wildman–Crippen LogP) is 10.8. The molecule has 5 heteroatoms. The summed E-state index contributed by atoms with van der Waals surface area (Å²) >= 11 is 0.883. The maximum absolute atomic E-state index is 9.48. The maximum Gasteiger partial charge on any atom is 0.164 e. The van der Waals surface area contributed by atoms with Crippen LogP contribution in [0.3, 0.4) is 0 Å². The van der Waals surface area contributed by atoms with Gasteiger partial charge in [0, 0.05) is 47.6 Å². The Hall–Kier alpha value is -5.65. The van der Waals surface area contributed by atoms with Gasteiger partial charge in [-0.25, -0.2) is 15.0 Å². The summed E-state index contributed by atoms with van der Waals surface area (Å²) in [6.45, 7) is 0. The zero-order valence-corrected chi connectivity index (χ0v) is 23.4. The van der Waals surface area contributed by atoms with E-state index in [0.717, 1.165) is 22.1 Å². The van der Waals surface area contributed by atoms with Gasteiger partial charge in [-0.3, -0.25) is 0 Å². The van der Waals surface area contributed by atoms with Gasteiger partial charge in [-0.1, -0.05) is 115 Å². The molecule has 0 bridgehead atoms. The van der Waals surface area contributed by atoms with Crippen molar-refractivity contribution in [2.24, 2.45) is 0 Å². The zero-order chi connectivity index (χ0) is 38.6. The van der Waals surface area contributed by atoms with E-state index in [0.29, 0.717) is 22.3 Å². The van der Waals surface area contributed by atoms with E-state index in [4.69, 9.17) is 30.3 Å². The highest BCUT2D eigenvalue weighted by Crippen LogP contribution is 2.41. The minimum absolute atomic E-state index is 0.00114. The summed E-state index contributed by atoms with van der Waals surface area (Å²) in [4.78, 5) is 14.2. The summed E-state index contributed by atoms with van der Waals surface area (Å²) in [6, 6.07) is 16.6. The summed E-state index contributed by atoms with van der Waals surface area (Å²) < 4.78 is 102. The Balaban J connectivity index is 1.33. The lowest BCUT2D eigenvalue weighted by atomic mass is 10.0. The van der Waals surface area contributed by atoms with Gasteiger partial charge in [0.25, 0.3) is 0 Å². The van der Waals surface area contributed by atoms with Crippen molar-refractivity contribution >= 4 is 53.4 Å². The van der Waals surface area contributed by atoms with Crippen LogP contribution in [0.1, 0.15) is 15.1 Å². The highest BCUT2D eigenvalue weighted by molar-refractivity contribution is 7.26. The quantitative estimate of drug-likeness (QED) is 0.204. The van der Waals surface area contributed by atoms with Crippen LogP contribution in [0.5, 0.6) is 0 Å². The number of thiophene rings is 1. The molecule has 0 N–H and O–H groups in total. The standard InChI is InChI=1S/C39H23N3OS/c1-3-10-24(11-4-1)28-15-9-16-32-31-21-19-27(23-35(31)44-36(28)32)39-41-37(25-12-5-2-6-13-25)40-38(42-39)26-18-20-30-29-14-7-8-17-33(29)43-34(30)22-26/h1-23H/i1D,3D,4D,9D,10D,11D,15D,16D,19D,21D,23D. The van der Waals surface area contributed by atoms with Crippen LogP contribution in [-0.2, 0) is 0 Å². The summed E-state index contributed by atoms with van der Waals surface area (Å²) in [5, 5.41) is 1.82. The average Bonchev–Trinajstić information content (AvgIpc) is 3.78. The number of hydrogen-bond donors (Lipinski definition) is 0. The Morgan fingerprint density at radius 3 is 2.14 bits per heavy atom. The molecule has 0 atom stereocenters. The summed E-state index contributed by atoms with van der Waals surface area (Å²) in [5.41, 5.74) is 1.92. The Kier molecular flexibility index (Phi) is 3.69. The molecule has 0 fully saturated rings. The maximum atomic E-state index is 9.48. The minimum Gasteiger partial charge on any atom is -0.456 e. The van der Waals surface area contributed by atoms with Gasteiger partial charge in [-0.15, -0.1) is 11.3 Å². The largest absolute Gasteiger partial charge is 0.456 e. The first-order valence-electron chi connectivity index (χ1n) is 19.1. The van der Waals surface area contributed by atoms with E-state index in [1.807, 2.05) is 72.8 Å². The van der Waals surface area contributed by atoms with E-state index in [1.165, 1.54) is 0 Å². The second-order valence-corrected chi connectivity index (χ2v) is 11.0. The van der Waals surface area contributed by atoms with Crippen molar-refractivity contribution in [3.63, 3.8) is 0 Å². The molecule has 206 valence electrons. The number of benzene rings is 6. The third kappa shape index (κ3) is 4.09. The van der Waals surface area contributed by atoms with Crippen LogP contribution in [0, 0.1) is 0 Å². The van der Waals surface area contributed by atoms with Crippen molar-refractivity contribution in [1.82, 2.24) is 15.0 Å². The molecule has 0 spiro atoms. The first-order valence-corrected chi connectivity index (χ1v) is 14.5. The highest BCUT2D eigenvalue weighted by atomic mass is 32.1. The Morgan fingerprint density at radius 1 is 0.523 bits per heavy atom. The van der Waals surface area contributed by atoms with Crippen molar-refractivity contribution < 1.29 is 19.5 Å². The second kappa shape index (κ2) is 9.97. The van der Waals surface area contributed by atoms with E-state index in [1.54, 1.807) is 0 Å². The second-order valence-electron chi connectivity index (χ2n) is 9.99. The molecule has 0 aliphatic rings. The third-order valence-electron chi connectivity index (χ3n) is 7.34. The molecule has 9 rings (SSSR count). The lowest BCUT2D eigenvalue weighted by Gasteiger charge is -2.08. The Bertz CT molecular complexity index is 3100. The van der Waals surface area contributed by atoms with Crippen LogP contribution < -0.4 is 0 Å². The molecule has 0 unspecified atom stereocenters. The SMILES string of the molecule is [2H]c1c([2H])c([2H])c(-c2c([2H])c([2H])c([2H])c3c2sc2c([2H])c(-c4nc(-c5ccccc5)nc(-c5ccc6c(c5)oc5ccccc56)n4)c([2H])c([2H])c23)c([2H])c1[2H]. The normalized spacial score (nSPS) is 15.1. The van der Waals surface area contributed by atoms with Gasteiger partial charge in [0.05, 0.1) is 15.1 Å². The molecule has 9 aromatic rings. The molecule has 3 heterocycles. The van der Waals surface area contributed by atoms with E-state index in [2.05, 4.69) is 0 Å². The third-order valence-corrected chi connectivity index (χ3v) is 8.46. The predicted molar refractivity (Wildman–Crippen MR) is 182 cm³/mol. The first kappa shape index (κ1) is 16.3. The number of aromatic nitrogens is 3. The Labute approximate surface area is 272 Å². The minimum atomic E-state index is -0.636. The summed E-state index contributed by atoms with van der Waals surface area (Å²) in [6.07, 6.45) is 0. The molecule has 44 heavy (non-hydrogen) atoms.